The second kappa shape index (κ2) is 7.78. The van der Waals surface area contributed by atoms with Gasteiger partial charge in [0.15, 0.2) is 11.5 Å². The average Bonchev–Trinajstić information content (AvgIpc) is 2.47. The first-order chi connectivity index (χ1) is 9.93. The molecule has 0 heterocycles. The van der Waals surface area contributed by atoms with Gasteiger partial charge in [-0.2, -0.15) is 0 Å². The topological polar surface area (TPSA) is 73.6 Å². The lowest BCUT2D eigenvalue weighted by molar-refractivity contribution is 0.0118. The first kappa shape index (κ1) is 17.2. The predicted octanol–water partition coefficient (Wildman–Crippen LogP) is 1.81. The number of carbonyl (C=O) groups is 1. The Morgan fingerprint density at radius 1 is 1.24 bits per heavy atom. The van der Waals surface area contributed by atoms with Gasteiger partial charge >= 0.3 is 0 Å². The number of halogens is 2. The number of nitrogens with one attached hydrogen (secondary N) is 1. The van der Waals surface area contributed by atoms with Gasteiger partial charge in [0.2, 0.25) is 0 Å². The predicted molar refractivity (Wildman–Crippen MR) is 75.1 cm³/mol. The van der Waals surface area contributed by atoms with Crippen LogP contribution in [0.3, 0.4) is 0 Å². The molecule has 0 aliphatic heterocycles. The first-order valence-electron chi connectivity index (χ1n) is 6.69. The molecule has 0 aromatic heterocycles. The number of carbonyl (C=O) groups excluding carboxylic acids is 1. The third-order valence-corrected chi connectivity index (χ3v) is 2.61. The van der Waals surface area contributed by atoms with Crippen LogP contribution in [0.25, 0.3) is 0 Å². The molecule has 0 unspecified atom stereocenters. The highest BCUT2D eigenvalue weighted by Gasteiger charge is 2.27. The zero-order chi connectivity index (χ0) is 15.9. The van der Waals surface area contributed by atoms with Crippen molar-refractivity contribution in [2.75, 3.05) is 26.3 Å². The van der Waals surface area contributed by atoms with Crippen molar-refractivity contribution in [1.82, 2.24) is 5.32 Å². The van der Waals surface area contributed by atoms with E-state index < -0.39 is 24.9 Å². The number of nitrogens with two attached hydrogens (primary N) is 1. The first-order valence-corrected chi connectivity index (χ1v) is 6.69. The molecule has 1 aromatic rings. The Hall–Kier alpha value is -1.89. The molecular weight excluding hydrogens is 282 g/mol. The Balaban J connectivity index is 2.82. The molecule has 0 saturated carbocycles. The van der Waals surface area contributed by atoms with E-state index in [1.165, 1.54) is 12.1 Å². The van der Waals surface area contributed by atoms with E-state index in [1.54, 1.807) is 13.0 Å². The number of amides is 1. The van der Waals surface area contributed by atoms with E-state index >= 15 is 0 Å². The Morgan fingerprint density at radius 3 is 2.43 bits per heavy atom. The van der Waals surface area contributed by atoms with Crippen LogP contribution >= 0.6 is 0 Å². The van der Waals surface area contributed by atoms with Crippen LogP contribution in [0, 0.1) is 0 Å². The third-order valence-electron chi connectivity index (χ3n) is 2.61. The van der Waals surface area contributed by atoms with Crippen LogP contribution in [0.2, 0.25) is 0 Å². The highest BCUT2D eigenvalue weighted by molar-refractivity contribution is 5.94. The summed E-state index contributed by atoms with van der Waals surface area (Å²) in [6, 6.07) is 4.53. The standard InChI is InChI=1S/C14H20F2N2O3/c1-3-20-11-6-5-10(7-12(11)21-4-2)13(19)18-9-14(15,16)8-17/h5-7H,3-4,8-9,17H2,1-2H3,(H,18,19). The lowest BCUT2D eigenvalue weighted by Crippen LogP contribution is -2.41. The molecule has 0 saturated heterocycles. The molecule has 1 aromatic carbocycles. The second-order valence-electron chi connectivity index (χ2n) is 4.27. The van der Waals surface area contributed by atoms with Gasteiger partial charge in [0.1, 0.15) is 0 Å². The molecule has 0 radical (unpaired) electrons. The molecule has 0 aliphatic carbocycles. The number of ether oxygens (including phenoxy) is 2. The number of benzene rings is 1. The van der Waals surface area contributed by atoms with Gasteiger partial charge in [0, 0.05) is 5.56 Å². The Labute approximate surface area is 122 Å². The zero-order valence-corrected chi connectivity index (χ0v) is 12.1. The molecular formula is C14H20F2N2O3. The van der Waals surface area contributed by atoms with E-state index in [1.807, 2.05) is 6.92 Å². The van der Waals surface area contributed by atoms with Gasteiger partial charge in [-0.1, -0.05) is 0 Å². The molecule has 1 amide bonds. The van der Waals surface area contributed by atoms with Gasteiger partial charge in [-0.05, 0) is 32.0 Å². The summed E-state index contributed by atoms with van der Waals surface area (Å²) in [4.78, 5) is 11.9. The van der Waals surface area contributed by atoms with Gasteiger partial charge < -0.3 is 20.5 Å². The molecule has 7 heteroatoms. The highest BCUT2D eigenvalue weighted by atomic mass is 19.3. The summed E-state index contributed by atoms with van der Waals surface area (Å²) in [6.45, 7) is 2.85. The van der Waals surface area contributed by atoms with Crippen LogP contribution in [0.4, 0.5) is 8.78 Å². The summed E-state index contributed by atoms with van der Waals surface area (Å²) in [5, 5.41) is 2.15. The monoisotopic (exact) mass is 302 g/mol. The van der Waals surface area contributed by atoms with Gasteiger partial charge in [0.05, 0.1) is 26.3 Å². The summed E-state index contributed by atoms with van der Waals surface area (Å²) in [5.41, 5.74) is 5.13. The molecule has 0 bridgehead atoms. The van der Waals surface area contributed by atoms with Gasteiger partial charge in [0.25, 0.3) is 11.8 Å². The Morgan fingerprint density at radius 2 is 1.86 bits per heavy atom. The molecule has 0 aliphatic rings. The highest BCUT2D eigenvalue weighted by Crippen LogP contribution is 2.28. The van der Waals surface area contributed by atoms with E-state index in [9.17, 15) is 13.6 Å². The molecule has 21 heavy (non-hydrogen) atoms. The number of rotatable bonds is 8. The number of hydrogen-bond donors (Lipinski definition) is 2. The van der Waals surface area contributed by atoms with E-state index in [0.29, 0.717) is 24.7 Å². The van der Waals surface area contributed by atoms with Crippen LogP contribution in [0.1, 0.15) is 24.2 Å². The van der Waals surface area contributed by atoms with Crippen molar-refractivity contribution in [3.63, 3.8) is 0 Å². The molecule has 1 rings (SSSR count). The van der Waals surface area contributed by atoms with Crippen molar-refractivity contribution in [3.05, 3.63) is 23.8 Å². The maximum absolute atomic E-state index is 13.0. The summed E-state index contributed by atoms with van der Waals surface area (Å²) in [7, 11) is 0. The fraction of sp³-hybridized carbons (Fsp3) is 0.500. The van der Waals surface area contributed by atoms with Crippen molar-refractivity contribution in [2.45, 2.75) is 19.8 Å². The Bertz CT molecular complexity index is 481. The molecule has 0 spiro atoms. The van der Waals surface area contributed by atoms with Crippen molar-refractivity contribution in [1.29, 1.82) is 0 Å². The minimum atomic E-state index is -3.12. The minimum Gasteiger partial charge on any atom is -0.490 e. The fourth-order valence-corrected chi connectivity index (χ4v) is 1.58. The van der Waals surface area contributed by atoms with Crippen molar-refractivity contribution in [3.8, 4) is 11.5 Å². The maximum atomic E-state index is 13.0. The van der Waals surface area contributed by atoms with E-state index in [-0.39, 0.29) is 5.56 Å². The summed E-state index contributed by atoms with van der Waals surface area (Å²) in [6.07, 6.45) is 0. The third kappa shape index (κ3) is 5.18. The summed E-state index contributed by atoms with van der Waals surface area (Å²) in [5.74, 6) is -2.84. The normalized spacial score (nSPS) is 11.1. The van der Waals surface area contributed by atoms with E-state index in [2.05, 4.69) is 5.32 Å². The smallest absolute Gasteiger partial charge is 0.277 e. The molecule has 5 nitrogen and oxygen atoms in total. The summed E-state index contributed by atoms with van der Waals surface area (Å²) >= 11 is 0. The Kier molecular flexibility index (Phi) is 6.36. The largest absolute Gasteiger partial charge is 0.490 e. The maximum Gasteiger partial charge on any atom is 0.277 e. The van der Waals surface area contributed by atoms with Crippen molar-refractivity contribution in [2.24, 2.45) is 5.73 Å². The van der Waals surface area contributed by atoms with Crippen molar-refractivity contribution >= 4 is 5.91 Å². The van der Waals surface area contributed by atoms with Gasteiger partial charge in [-0.3, -0.25) is 4.79 Å². The molecule has 0 fully saturated rings. The van der Waals surface area contributed by atoms with Gasteiger partial charge in [-0.15, -0.1) is 0 Å². The van der Waals surface area contributed by atoms with E-state index in [0.717, 1.165) is 0 Å². The van der Waals surface area contributed by atoms with Crippen LogP contribution in [0.15, 0.2) is 18.2 Å². The summed E-state index contributed by atoms with van der Waals surface area (Å²) < 4.78 is 36.8. The fourth-order valence-electron chi connectivity index (χ4n) is 1.58. The number of alkyl halides is 2. The van der Waals surface area contributed by atoms with Crippen LogP contribution in [-0.4, -0.2) is 38.1 Å². The molecule has 3 N–H and O–H groups in total. The molecule has 0 atom stereocenters. The quantitative estimate of drug-likeness (QED) is 0.768. The van der Waals surface area contributed by atoms with Gasteiger partial charge in [-0.25, -0.2) is 8.78 Å². The minimum absolute atomic E-state index is 0.217. The zero-order valence-electron chi connectivity index (χ0n) is 12.1. The van der Waals surface area contributed by atoms with Crippen molar-refractivity contribution < 1.29 is 23.0 Å². The average molecular weight is 302 g/mol. The molecule has 118 valence electrons. The lowest BCUT2D eigenvalue weighted by atomic mass is 10.2. The second-order valence-corrected chi connectivity index (χ2v) is 4.27. The van der Waals surface area contributed by atoms with Crippen LogP contribution in [-0.2, 0) is 0 Å². The van der Waals surface area contributed by atoms with E-state index in [4.69, 9.17) is 15.2 Å². The SMILES string of the molecule is CCOc1ccc(C(=O)NCC(F)(F)CN)cc1OCC. The number of hydrogen-bond acceptors (Lipinski definition) is 4. The van der Waals surface area contributed by atoms with Crippen LogP contribution < -0.4 is 20.5 Å². The lowest BCUT2D eigenvalue weighted by Gasteiger charge is -2.15. The van der Waals surface area contributed by atoms with Crippen LogP contribution in [0.5, 0.6) is 11.5 Å².